The molecule has 0 radical (unpaired) electrons. The quantitative estimate of drug-likeness (QED) is 0.0401. The molecule has 1 amide bonds. The summed E-state index contributed by atoms with van der Waals surface area (Å²) in [5.41, 5.74) is -0.558. The maximum absolute atomic E-state index is 13.2. The number of amides is 1. The molecule has 0 aliphatic carbocycles. The molecule has 4 aliphatic heterocycles. The van der Waals surface area contributed by atoms with Crippen molar-refractivity contribution in [2.45, 2.75) is 208 Å². The summed E-state index contributed by atoms with van der Waals surface area (Å²) in [6.07, 6.45) is -19.0. The number of aromatic nitrogens is 7. The van der Waals surface area contributed by atoms with Crippen LogP contribution in [0, 0.1) is 29.1 Å². The Kier molecular flexibility index (Phi) is 28.9. The third kappa shape index (κ3) is 27.3. The van der Waals surface area contributed by atoms with Crippen molar-refractivity contribution in [1.82, 2.24) is 39.8 Å². The van der Waals surface area contributed by atoms with Gasteiger partial charge in [-0.25, -0.2) is 34.5 Å². The van der Waals surface area contributed by atoms with Crippen LogP contribution in [0.2, 0.25) is 0 Å². The Morgan fingerprint density at radius 2 is 0.795 bits per heavy atom. The minimum absolute atomic E-state index is 0.0374. The molecule has 4 aliphatic rings. The molecule has 7 aromatic heterocycles. The molecule has 10 N–H and O–H groups in total. The van der Waals surface area contributed by atoms with Gasteiger partial charge in [0.15, 0.2) is 46.3 Å². The van der Waals surface area contributed by atoms with Gasteiger partial charge >= 0.3 is 42.8 Å². The van der Waals surface area contributed by atoms with Crippen molar-refractivity contribution in [1.29, 1.82) is 5.26 Å². The summed E-state index contributed by atoms with van der Waals surface area (Å²) < 4.78 is 199. The van der Waals surface area contributed by atoms with Crippen LogP contribution in [0.25, 0.3) is 21.8 Å². The van der Waals surface area contributed by atoms with E-state index < -0.39 is 82.8 Å². The number of ketones is 1. The normalized spacial score (nSPS) is 16.5. The zero-order valence-corrected chi connectivity index (χ0v) is 67.3. The van der Waals surface area contributed by atoms with Gasteiger partial charge in [0.25, 0.3) is 5.91 Å². The number of carbonyl (C=O) groups is 4. The number of unbranched alkanes of at least 4 members (excludes halogenated alkanes) is 1. The molecule has 0 spiro atoms. The van der Waals surface area contributed by atoms with Gasteiger partial charge in [0, 0.05) is 90.0 Å². The van der Waals surface area contributed by atoms with E-state index in [0.717, 1.165) is 37.2 Å². The van der Waals surface area contributed by atoms with Gasteiger partial charge in [-0.2, -0.15) is 71.1 Å². The van der Waals surface area contributed by atoms with E-state index in [1.54, 1.807) is 4.90 Å². The fraction of sp³-hybridized carbons (Fsp3) is 0.538. The maximum atomic E-state index is 13.2. The predicted octanol–water partition coefficient (Wildman–Crippen LogP) is 18.1. The molecule has 0 bridgehead atoms. The van der Waals surface area contributed by atoms with Gasteiger partial charge in [-0.1, -0.05) is 13.3 Å². The maximum Gasteiger partial charge on any atom is 0.417 e. The van der Waals surface area contributed by atoms with Crippen LogP contribution in [-0.2, 0) is 36.4 Å². The summed E-state index contributed by atoms with van der Waals surface area (Å²) in [5.74, 6) is -5.92. The molecule has 1 saturated heterocycles. The molecular formula is C78H96F15N17O7. The highest BCUT2D eigenvalue weighted by Crippen LogP contribution is 2.43. The average molecular weight is 1670 g/mol. The van der Waals surface area contributed by atoms with Crippen molar-refractivity contribution in [2.24, 2.45) is 17.8 Å². The van der Waals surface area contributed by atoms with E-state index in [-0.39, 0.29) is 124 Å². The molecule has 24 nitrogen and oxygen atoms in total. The summed E-state index contributed by atoms with van der Waals surface area (Å²) >= 11 is 0. The number of carboxylic acid groups (broad SMARTS) is 2. The van der Waals surface area contributed by atoms with Gasteiger partial charge in [-0.05, 0) is 189 Å². The molecule has 0 aromatic carbocycles. The zero-order valence-electron chi connectivity index (χ0n) is 67.3. The van der Waals surface area contributed by atoms with Crippen molar-refractivity contribution in [3.63, 3.8) is 0 Å². The number of Topliss-reactive ketones (excluding diaryl/α,β-unsaturated/α-hetero) is 1. The Morgan fingerprint density at radius 1 is 0.470 bits per heavy atom. The highest BCUT2D eigenvalue weighted by atomic mass is 19.4. The third-order valence-corrected chi connectivity index (χ3v) is 17.2. The van der Waals surface area contributed by atoms with E-state index in [4.69, 9.17) is 20.2 Å². The Morgan fingerprint density at radius 3 is 1.15 bits per heavy atom. The van der Waals surface area contributed by atoms with Gasteiger partial charge in [-0.3, -0.25) is 19.6 Å². The SMILES string of the molecule is CC(C)(C)Nc1nc(C#N)cc2cc(C(F)(F)F)cnc12.CC(C)(C)Nc1nc(C(=O)N2CCOCC2)cc2c1NCC(C(F)(F)F)C2.CC(C)(C)Nc1nc(C(=O)O)cc2c1NCC(C(F)(F)F)C2.CC(C)(C)Nc1nc(C(=O)O)cc2cc(C(F)(F)F)cnc12.CCCCC(=O)c1cc2c(c(NC(C)(C)C)n1)NCC(C(F)(F)F)C2. The largest absolute Gasteiger partial charge is 0.477 e. The van der Waals surface area contributed by atoms with Crippen LogP contribution in [0.1, 0.15) is 206 Å². The molecule has 39 heteroatoms. The minimum atomic E-state index is -4.55. The highest BCUT2D eigenvalue weighted by Gasteiger charge is 2.46. The first-order chi connectivity index (χ1) is 53.6. The first-order valence-corrected chi connectivity index (χ1v) is 37.1. The van der Waals surface area contributed by atoms with Crippen LogP contribution in [0.15, 0.2) is 54.9 Å². The Bertz CT molecular complexity index is 4780. The summed E-state index contributed by atoms with van der Waals surface area (Å²) in [6, 6.07) is 10.3. The first-order valence-electron chi connectivity index (χ1n) is 37.1. The predicted molar refractivity (Wildman–Crippen MR) is 413 cm³/mol. The summed E-state index contributed by atoms with van der Waals surface area (Å²) in [4.78, 5) is 77.6. The number of carbonyl (C=O) groups excluding carboxylic acids is 2. The van der Waals surface area contributed by atoms with Gasteiger partial charge in [-0.15, -0.1) is 0 Å². The van der Waals surface area contributed by atoms with Gasteiger partial charge in [0.05, 0.1) is 59.2 Å². The number of halogens is 15. The van der Waals surface area contributed by atoms with Crippen LogP contribution in [0.3, 0.4) is 0 Å². The highest BCUT2D eigenvalue weighted by molar-refractivity contribution is 5.98. The van der Waals surface area contributed by atoms with Gasteiger partial charge in [0.2, 0.25) is 0 Å². The molecule has 0 saturated carbocycles. The number of ether oxygens (including phenoxy) is 1. The number of nitrogens with one attached hydrogen (secondary N) is 8. The number of nitriles is 1. The van der Waals surface area contributed by atoms with E-state index in [1.807, 2.05) is 117 Å². The fourth-order valence-electron chi connectivity index (χ4n) is 12.0. The zero-order chi connectivity index (χ0) is 87.9. The third-order valence-electron chi connectivity index (χ3n) is 17.2. The molecule has 117 heavy (non-hydrogen) atoms. The number of aromatic carboxylic acids is 2. The second-order valence-electron chi connectivity index (χ2n) is 33.5. The molecule has 640 valence electrons. The Hall–Kier alpha value is -10.6. The van der Waals surface area contributed by atoms with E-state index >= 15 is 0 Å². The number of anilines is 8. The number of pyridine rings is 7. The van der Waals surface area contributed by atoms with Crippen molar-refractivity contribution in [2.75, 3.05) is 88.5 Å². The number of nitrogens with zero attached hydrogens (tertiary/aromatic N) is 9. The summed E-state index contributed by atoms with van der Waals surface area (Å²) in [7, 11) is 0. The number of fused-ring (bicyclic) bond motifs is 5. The standard InChI is InChI=1S/C18H25F3N4O2.C18H26F3N3O.C14H13F3N4.C14H18F3N3O2.C14H14F3N3O2/c1-17(2,3)24-15-14-11(8-12(10-22-14)18(19,20)21)9-13(23-15)16(26)25-4-6-27-7-5-25;1-5-6-7-14(25)13-9-11-8-12(18(19,20)21)10-22-15(11)16(23-13)24-17(2,3)4;1-13(2,3)21-12-11-8(5-10(6-18)20-12)4-9(7-19-11)14(15,16)17;2*1-13(2,3)20-11-10-7(5-9(19-11)12(21)22)4-8(6-18-10)14(15,16)17/h9,12,22H,4-8,10H2,1-3H3,(H,23,24);9,12,22H,5-8,10H2,1-4H3,(H,23,24);4-5,7H,1-3H3,(H,20,21);5,8,18H,4,6H2,1-3H3,(H,19,20)(H,21,22);4-6H,1-3H3,(H,19,20)(H,21,22). The lowest BCUT2D eigenvalue weighted by Crippen LogP contribution is -2.41. The van der Waals surface area contributed by atoms with Gasteiger partial charge in [0.1, 0.15) is 34.2 Å². The number of alkyl halides is 15. The lowest BCUT2D eigenvalue weighted by Gasteiger charge is -2.32. The first kappa shape index (κ1) is 93.6. The summed E-state index contributed by atoms with van der Waals surface area (Å²) in [5, 5.41) is 51.4. The number of hydrogen-bond donors (Lipinski definition) is 10. The van der Waals surface area contributed by atoms with Crippen LogP contribution in [-0.4, -0.2) is 166 Å². The molecule has 11 rings (SSSR count). The van der Waals surface area contributed by atoms with Crippen molar-refractivity contribution in [3.8, 4) is 6.07 Å². The molecule has 7 aromatic rings. The van der Waals surface area contributed by atoms with Crippen molar-refractivity contribution < 1.29 is 100.0 Å². The second kappa shape index (κ2) is 36.1. The minimum Gasteiger partial charge on any atom is -0.477 e. The molecule has 1 fully saturated rings. The molecule has 3 atom stereocenters. The molecule has 11 heterocycles. The summed E-state index contributed by atoms with van der Waals surface area (Å²) in [6.45, 7) is 31.4. The van der Waals surface area contributed by atoms with E-state index in [0.29, 0.717) is 95.6 Å². The van der Waals surface area contributed by atoms with E-state index in [2.05, 4.69) is 77.4 Å². The van der Waals surface area contributed by atoms with Crippen molar-refractivity contribution in [3.05, 3.63) is 111 Å². The smallest absolute Gasteiger partial charge is 0.417 e. The average Bonchev–Trinajstić information content (AvgIpc) is 0.806. The number of rotatable bonds is 12. The van der Waals surface area contributed by atoms with Crippen LogP contribution in [0.5, 0.6) is 0 Å². The van der Waals surface area contributed by atoms with Crippen molar-refractivity contribution >= 4 is 91.6 Å². The van der Waals surface area contributed by atoms with E-state index in [9.17, 15) is 85.0 Å². The van der Waals surface area contributed by atoms with Gasteiger partial charge < -0.3 is 62.4 Å². The topological polar surface area (TPSA) is 331 Å². The van der Waals surface area contributed by atoms with Crippen LogP contribution >= 0.6 is 0 Å². The Balaban J connectivity index is 0.000000203. The number of hydrogen-bond acceptors (Lipinski definition) is 21. The molecular weight excluding hydrogens is 1570 g/mol. The lowest BCUT2D eigenvalue weighted by molar-refractivity contribution is -0.171. The van der Waals surface area contributed by atoms with Crippen LogP contribution in [0.4, 0.5) is 112 Å². The number of carboxylic acids is 2. The monoisotopic (exact) mass is 1670 g/mol. The molecule has 3 unspecified atom stereocenters. The van der Waals surface area contributed by atoms with E-state index in [1.165, 1.54) is 24.3 Å². The number of morpholine rings is 1. The lowest BCUT2D eigenvalue weighted by atomic mass is 9.92. The van der Waals surface area contributed by atoms with Crippen LogP contribution < -0.4 is 42.5 Å². The fourth-order valence-corrected chi connectivity index (χ4v) is 12.0. The Labute approximate surface area is 665 Å². The second-order valence-corrected chi connectivity index (χ2v) is 33.5.